The van der Waals surface area contributed by atoms with Crippen molar-refractivity contribution in [2.75, 3.05) is 13.1 Å². The van der Waals surface area contributed by atoms with Crippen molar-refractivity contribution >= 4 is 17.3 Å². The highest BCUT2D eigenvalue weighted by atomic mass is 32.1. The summed E-state index contributed by atoms with van der Waals surface area (Å²) >= 11 is 5.29. The van der Waals surface area contributed by atoms with E-state index in [9.17, 15) is 0 Å². The van der Waals surface area contributed by atoms with Crippen molar-refractivity contribution in [1.82, 2.24) is 10.6 Å². The third-order valence-electron chi connectivity index (χ3n) is 3.56. The number of hydrogen-bond donors (Lipinski definition) is 2. The van der Waals surface area contributed by atoms with Crippen LogP contribution in [0.15, 0.2) is 60.7 Å². The van der Waals surface area contributed by atoms with Crippen molar-refractivity contribution in [3.05, 3.63) is 71.8 Å². The van der Waals surface area contributed by atoms with Gasteiger partial charge in [0.25, 0.3) is 0 Å². The van der Waals surface area contributed by atoms with Crippen molar-refractivity contribution in [1.29, 1.82) is 0 Å². The van der Waals surface area contributed by atoms with Crippen LogP contribution >= 0.6 is 12.2 Å². The summed E-state index contributed by atoms with van der Waals surface area (Å²) in [6, 6.07) is 21.1. The molecule has 0 aromatic heterocycles. The third-order valence-corrected chi connectivity index (χ3v) is 3.85. The second-order valence-electron chi connectivity index (χ2n) is 5.36. The van der Waals surface area contributed by atoms with Crippen LogP contribution < -0.4 is 10.6 Å². The lowest BCUT2D eigenvalue weighted by molar-refractivity contribution is 0.700. The molecular weight excluding hydrogens is 288 g/mol. The van der Waals surface area contributed by atoms with E-state index in [0.717, 1.165) is 37.5 Å². The quantitative estimate of drug-likeness (QED) is 0.574. The van der Waals surface area contributed by atoms with Crippen molar-refractivity contribution in [2.45, 2.75) is 25.7 Å². The van der Waals surface area contributed by atoms with Crippen LogP contribution in [0, 0.1) is 0 Å². The molecule has 0 spiro atoms. The number of unbranched alkanes of at least 4 members (excludes halogenated alkanes) is 1. The molecule has 0 aliphatic carbocycles. The van der Waals surface area contributed by atoms with Crippen LogP contribution in [0.4, 0.5) is 0 Å². The molecule has 0 atom stereocenters. The molecule has 0 bridgehead atoms. The molecule has 116 valence electrons. The van der Waals surface area contributed by atoms with Gasteiger partial charge in [0.1, 0.15) is 0 Å². The van der Waals surface area contributed by atoms with E-state index in [1.54, 1.807) is 0 Å². The van der Waals surface area contributed by atoms with E-state index in [-0.39, 0.29) is 0 Å². The fourth-order valence-electron chi connectivity index (χ4n) is 2.33. The van der Waals surface area contributed by atoms with Gasteiger partial charge in [0.2, 0.25) is 0 Å². The Kier molecular flexibility index (Phi) is 7.47. The first-order valence-electron chi connectivity index (χ1n) is 7.94. The molecule has 2 nitrogen and oxygen atoms in total. The molecule has 0 radical (unpaired) electrons. The summed E-state index contributed by atoms with van der Waals surface area (Å²) in [5.41, 5.74) is 2.74. The Hall–Kier alpha value is -1.87. The van der Waals surface area contributed by atoms with Gasteiger partial charge in [0, 0.05) is 13.1 Å². The zero-order valence-electron chi connectivity index (χ0n) is 12.9. The lowest BCUT2D eigenvalue weighted by atomic mass is 10.1. The smallest absolute Gasteiger partial charge is 0.166 e. The Morgan fingerprint density at radius 2 is 1.23 bits per heavy atom. The van der Waals surface area contributed by atoms with Gasteiger partial charge in [0.05, 0.1) is 0 Å². The minimum Gasteiger partial charge on any atom is -0.363 e. The monoisotopic (exact) mass is 312 g/mol. The van der Waals surface area contributed by atoms with E-state index < -0.39 is 0 Å². The first kappa shape index (κ1) is 16.5. The molecule has 0 fully saturated rings. The molecule has 2 rings (SSSR count). The Morgan fingerprint density at radius 1 is 0.682 bits per heavy atom. The van der Waals surface area contributed by atoms with Crippen LogP contribution in [0.25, 0.3) is 0 Å². The number of nitrogens with one attached hydrogen (secondary N) is 2. The summed E-state index contributed by atoms with van der Waals surface area (Å²) in [5.74, 6) is 0. The molecule has 2 aromatic carbocycles. The van der Waals surface area contributed by atoms with Crippen molar-refractivity contribution in [3.63, 3.8) is 0 Å². The first-order chi connectivity index (χ1) is 10.8. The summed E-state index contributed by atoms with van der Waals surface area (Å²) in [5, 5.41) is 7.30. The molecular formula is C19H24N2S. The zero-order chi connectivity index (χ0) is 15.5. The predicted molar refractivity (Wildman–Crippen MR) is 98.1 cm³/mol. The summed E-state index contributed by atoms with van der Waals surface area (Å²) < 4.78 is 0. The summed E-state index contributed by atoms with van der Waals surface area (Å²) in [4.78, 5) is 0. The van der Waals surface area contributed by atoms with Crippen LogP contribution in [0.3, 0.4) is 0 Å². The third kappa shape index (κ3) is 6.72. The lowest BCUT2D eigenvalue weighted by Crippen LogP contribution is -2.36. The van der Waals surface area contributed by atoms with Crippen molar-refractivity contribution < 1.29 is 0 Å². The number of thiocarbonyl (C=S) groups is 1. The number of hydrogen-bond acceptors (Lipinski definition) is 1. The zero-order valence-corrected chi connectivity index (χ0v) is 13.7. The van der Waals surface area contributed by atoms with Crippen LogP contribution in [-0.2, 0) is 12.8 Å². The topological polar surface area (TPSA) is 24.1 Å². The van der Waals surface area contributed by atoms with Gasteiger partial charge in [-0.05, 0) is 49.0 Å². The first-order valence-corrected chi connectivity index (χ1v) is 8.35. The SMILES string of the molecule is S=C(NCCCCc1ccccc1)NCCc1ccccc1. The van der Waals surface area contributed by atoms with Gasteiger partial charge in [0.15, 0.2) is 5.11 Å². The molecule has 0 amide bonds. The molecule has 2 N–H and O–H groups in total. The maximum Gasteiger partial charge on any atom is 0.166 e. The maximum atomic E-state index is 5.29. The molecule has 0 saturated carbocycles. The van der Waals surface area contributed by atoms with Crippen molar-refractivity contribution in [3.8, 4) is 0 Å². The van der Waals surface area contributed by atoms with Crippen LogP contribution in [0.2, 0.25) is 0 Å². The number of aryl methyl sites for hydroxylation is 1. The highest BCUT2D eigenvalue weighted by Crippen LogP contribution is 2.03. The highest BCUT2D eigenvalue weighted by Gasteiger charge is 1.97. The highest BCUT2D eigenvalue weighted by molar-refractivity contribution is 7.80. The Bertz CT molecular complexity index is 540. The molecule has 0 aliphatic rings. The van der Waals surface area contributed by atoms with Gasteiger partial charge in [-0.2, -0.15) is 0 Å². The number of benzene rings is 2. The van der Waals surface area contributed by atoms with E-state index in [1.165, 1.54) is 17.5 Å². The van der Waals surface area contributed by atoms with Crippen LogP contribution in [0.5, 0.6) is 0 Å². The van der Waals surface area contributed by atoms with Gasteiger partial charge in [-0.1, -0.05) is 60.7 Å². The summed E-state index contributed by atoms with van der Waals surface area (Å²) in [6.45, 7) is 1.81. The second kappa shape index (κ2) is 9.96. The normalized spacial score (nSPS) is 10.2. The largest absolute Gasteiger partial charge is 0.363 e. The summed E-state index contributed by atoms with van der Waals surface area (Å²) in [6.07, 6.45) is 4.45. The van der Waals surface area contributed by atoms with E-state index >= 15 is 0 Å². The van der Waals surface area contributed by atoms with Gasteiger partial charge >= 0.3 is 0 Å². The molecule has 3 heteroatoms. The second-order valence-corrected chi connectivity index (χ2v) is 5.77. The van der Waals surface area contributed by atoms with E-state index in [2.05, 4.69) is 65.2 Å². The van der Waals surface area contributed by atoms with Crippen LogP contribution in [0.1, 0.15) is 24.0 Å². The molecule has 0 heterocycles. The van der Waals surface area contributed by atoms with Gasteiger partial charge in [-0.3, -0.25) is 0 Å². The fourth-order valence-corrected chi connectivity index (χ4v) is 2.53. The lowest BCUT2D eigenvalue weighted by Gasteiger charge is -2.10. The Balaban J connectivity index is 1.49. The molecule has 2 aromatic rings. The maximum absolute atomic E-state index is 5.29. The van der Waals surface area contributed by atoms with Crippen molar-refractivity contribution in [2.24, 2.45) is 0 Å². The number of rotatable bonds is 8. The fraction of sp³-hybridized carbons (Fsp3) is 0.316. The molecule has 0 saturated heterocycles. The standard InChI is InChI=1S/C19H24N2S/c22-19(21-16-14-18-11-5-2-6-12-18)20-15-8-7-13-17-9-3-1-4-10-17/h1-6,9-12H,7-8,13-16H2,(H2,20,21,22). The molecule has 0 unspecified atom stereocenters. The average Bonchev–Trinajstić information content (AvgIpc) is 2.56. The Morgan fingerprint density at radius 3 is 1.86 bits per heavy atom. The van der Waals surface area contributed by atoms with E-state index in [1.807, 2.05) is 6.07 Å². The van der Waals surface area contributed by atoms with Gasteiger partial charge in [-0.15, -0.1) is 0 Å². The van der Waals surface area contributed by atoms with E-state index in [4.69, 9.17) is 12.2 Å². The average molecular weight is 312 g/mol. The van der Waals surface area contributed by atoms with E-state index in [0.29, 0.717) is 0 Å². The molecule has 22 heavy (non-hydrogen) atoms. The summed E-state index contributed by atoms with van der Waals surface area (Å²) in [7, 11) is 0. The minimum absolute atomic E-state index is 0.760. The molecule has 0 aliphatic heterocycles. The van der Waals surface area contributed by atoms with Crippen LogP contribution in [-0.4, -0.2) is 18.2 Å². The van der Waals surface area contributed by atoms with Gasteiger partial charge < -0.3 is 10.6 Å². The minimum atomic E-state index is 0.760. The predicted octanol–water partition coefficient (Wildman–Crippen LogP) is 3.72. The Labute approximate surface area is 139 Å². The van der Waals surface area contributed by atoms with Gasteiger partial charge in [-0.25, -0.2) is 0 Å².